The molecule has 6 nitrogen and oxygen atoms in total. The highest BCUT2D eigenvalue weighted by molar-refractivity contribution is 5.97. The van der Waals surface area contributed by atoms with E-state index in [1.807, 2.05) is 18.2 Å². The van der Waals surface area contributed by atoms with Crippen molar-refractivity contribution in [1.82, 2.24) is 10.2 Å². The zero-order valence-electron chi connectivity index (χ0n) is 17.6. The van der Waals surface area contributed by atoms with Gasteiger partial charge in [0.2, 0.25) is 5.91 Å². The third-order valence-electron chi connectivity index (χ3n) is 6.85. The minimum atomic E-state index is -0.983. The number of hydrogen-bond acceptors (Lipinski definition) is 3. The number of halogens is 2. The van der Waals surface area contributed by atoms with Crippen molar-refractivity contribution >= 4 is 17.6 Å². The molecule has 2 aromatic rings. The second-order valence-corrected chi connectivity index (χ2v) is 8.74. The summed E-state index contributed by atoms with van der Waals surface area (Å²) in [4.78, 5) is 27.3. The molecule has 164 valence electrons. The average molecular weight is 428 g/mol. The van der Waals surface area contributed by atoms with Gasteiger partial charge in [0.1, 0.15) is 5.69 Å². The van der Waals surface area contributed by atoms with E-state index in [9.17, 15) is 18.4 Å². The molecule has 1 saturated heterocycles. The lowest BCUT2D eigenvalue weighted by molar-refractivity contribution is 0.0657. The standard InChI is InChI=1S/C23H26F2N4O2/c1-28(2)23(16-6-4-3-5-7-16)10-8-22(9-11-23)14-29(21(31)27-22)19-17(24)12-15(20(26)30)13-18(19)25/h3-7,12-13H,8-11,14H2,1-2H3,(H2,26,30)(H,27,31)/t22-,23+. The van der Waals surface area contributed by atoms with Crippen molar-refractivity contribution in [1.29, 1.82) is 0 Å². The molecule has 1 aliphatic heterocycles. The summed E-state index contributed by atoms with van der Waals surface area (Å²) < 4.78 is 29.3. The van der Waals surface area contributed by atoms with Crippen LogP contribution in [-0.4, -0.2) is 43.0 Å². The number of anilines is 1. The number of hydrogen-bond donors (Lipinski definition) is 2. The lowest BCUT2D eigenvalue weighted by Gasteiger charge is -2.48. The number of nitrogens with two attached hydrogens (primary N) is 1. The van der Waals surface area contributed by atoms with E-state index in [0.717, 1.165) is 29.9 Å². The smallest absolute Gasteiger partial charge is 0.322 e. The first-order chi connectivity index (χ1) is 14.7. The van der Waals surface area contributed by atoms with E-state index in [-0.39, 0.29) is 17.6 Å². The van der Waals surface area contributed by atoms with Gasteiger partial charge in [-0.1, -0.05) is 30.3 Å². The number of carbonyl (C=O) groups is 2. The molecule has 0 aromatic heterocycles. The maximum absolute atomic E-state index is 14.6. The topological polar surface area (TPSA) is 78.7 Å². The first kappa shape index (κ1) is 21.2. The number of nitrogens with one attached hydrogen (secondary N) is 1. The van der Waals surface area contributed by atoms with Gasteiger partial charge < -0.3 is 11.1 Å². The molecular formula is C23H26F2N4O2. The van der Waals surface area contributed by atoms with Crippen LogP contribution in [0, 0.1) is 11.6 Å². The van der Waals surface area contributed by atoms with Crippen molar-refractivity contribution in [2.24, 2.45) is 5.73 Å². The Labute approximate surface area is 180 Å². The molecule has 1 spiro atoms. The molecule has 2 fully saturated rings. The van der Waals surface area contributed by atoms with Crippen molar-refractivity contribution in [3.63, 3.8) is 0 Å². The lowest BCUT2D eigenvalue weighted by atomic mass is 9.69. The summed E-state index contributed by atoms with van der Waals surface area (Å²) in [7, 11) is 4.10. The van der Waals surface area contributed by atoms with Crippen LogP contribution in [0.2, 0.25) is 0 Å². The van der Waals surface area contributed by atoms with Gasteiger partial charge in [0, 0.05) is 11.1 Å². The van der Waals surface area contributed by atoms with Crippen LogP contribution in [0.3, 0.4) is 0 Å². The van der Waals surface area contributed by atoms with Crippen LogP contribution in [0.25, 0.3) is 0 Å². The fourth-order valence-electron chi connectivity index (χ4n) is 5.02. The number of carbonyl (C=O) groups excluding carboxylic acids is 2. The largest absolute Gasteiger partial charge is 0.366 e. The van der Waals surface area contributed by atoms with Gasteiger partial charge in [0.25, 0.3) is 0 Å². The van der Waals surface area contributed by atoms with Crippen LogP contribution >= 0.6 is 0 Å². The van der Waals surface area contributed by atoms with Crippen molar-refractivity contribution in [3.8, 4) is 0 Å². The highest BCUT2D eigenvalue weighted by Crippen LogP contribution is 2.46. The highest BCUT2D eigenvalue weighted by atomic mass is 19.1. The molecule has 3 amide bonds. The van der Waals surface area contributed by atoms with E-state index in [4.69, 9.17) is 5.73 Å². The summed E-state index contributed by atoms with van der Waals surface area (Å²) in [5, 5.41) is 2.98. The zero-order chi connectivity index (χ0) is 22.4. The Bertz CT molecular complexity index is 994. The van der Waals surface area contributed by atoms with Gasteiger partial charge in [0.15, 0.2) is 11.6 Å². The summed E-state index contributed by atoms with van der Waals surface area (Å²) in [5.74, 6) is -2.90. The van der Waals surface area contributed by atoms with Crippen molar-refractivity contribution < 1.29 is 18.4 Å². The molecule has 8 heteroatoms. The van der Waals surface area contributed by atoms with E-state index in [1.54, 1.807) is 0 Å². The normalized spacial score (nSPS) is 25.8. The van der Waals surface area contributed by atoms with Gasteiger partial charge in [-0.2, -0.15) is 0 Å². The molecule has 31 heavy (non-hydrogen) atoms. The summed E-state index contributed by atoms with van der Waals surface area (Å²) in [6, 6.07) is 11.4. The molecule has 4 rings (SSSR count). The minimum absolute atomic E-state index is 0.161. The number of rotatable bonds is 4. The van der Waals surface area contributed by atoms with Crippen LogP contribution in [0.5, 0.6) is 0 Å². The van der Waals surface area contributed by atoms with Gasteiger partial charge >= 0.3 is 6.03 Å². The second-order valence-electron chi connectivity index (χ2n) is 8.74. The SMILES string of the molecule is CN(C)[C@]1(c2ccccc2)CC[C@]2(CC1)CN(c1c(F)cc(C(N)=O)cc1F)C(=O)N2. The van der Waals surface area contributed by atoms with Crippen molar-refractivity contribution in [2.75, 3.05) is 25.5 Å². The first-order valence-electron chi connectivity index (χ1n) is 10.3. The highest BCUT2D eigenvalue weighted by Gasteiger charge is 2.51. The Balaban J connectivity index is 1.59. The molecule has 2 aromatic carbocycles. The minimum Gasteiger partial charge on any atom is -0.366 e. The molecule has 0 bridgehead atoms. The first-order valence-corrected chi connectivity index (χ1v) is 10.3. The summed E-state index contributed by atoms with van der Waals surface area (Å²) in [6.07, 6.45) is 2.93. The van der Waals surface area contributed by atoms with Gasteiger partial charge in [-0.05, 0) is 57.5 Å². The number of urea groups is 1. The Morgan fingerprint density at radius 1 is 1.06 bits per heavy atom. The van der Waals surface area contributed by atoms with Gasteiger partial charge in [-0.15, -0.1) is 0 Å². The van der Waals surface area contributed by atoms with E-state index in [1.165, 1.54) is 5.56 Å². The van der Waals surface area contributed by atoms with E-state index in [0.29, 0.717) is 12.8 Å². The van der Waals surface area contributed by atoms with Crippen molar-refractivity contribution in [2.45, 2.75) is 36.8 Å². The fourth-order valence-corrected chi connectivity index (χ4v) is 5.02. The monoisotopic (exact) mass is 428 g/mol. The van der Waals surface area contributed by atoms with Crippen LogP contribution in [0.4, 0.5) is 19.3 Å². The van der Waals surface area contributed by atoms with Gasteiger partial charge in [-0.3, -0.25) is 14.6 Å². The molecule has 2 aliphatic rings. The number of primary amides is 1. The number of nitrogens with zero attached hydrogens (tertiary/aromatic N) is 2. The van der Waals surface area contributed by atoms with E-state index >= 15 is 0 Å². The second kappa shape index (κ2) is 7.60. The number of benzene rings is 2. The molecular weight excluding hydrogens is 402 g/mol. The Morgan fingerprint density at radius 3 is 2.16 bits per heavy atom. The molecule has 0 unspecified atom stereocenters. The van der Waals surface area contributed by atoms with E-state index in [2.05, 4.69) is 36.4 Å². The Hall–Kier alpha value is -3.00. The molecule has 1 heterocycles. The van der Waals surface area contributed by atoms with Crippen LogP contribution in [0.15, 0.2) is 42.5 Å². The van der Waals surface area contributed by atoms with Gasteiger partial charge in [0.05, 0.1) is 12.1 Å². The summed E-state index contributed by atoms with van der Waals surface area (Å²) >= 11 is 0. The third-order valence-corrected chi connectivity index (χ3v) is 6.85. The summed E-state index contributed by atoms with van der Waals surface area (Å²) in [5.41, 5.74) is 4.89. The van der Waals surface area contributed by atoms with Crippen LogP contribution in [-0.2, 0) is 5.54 Å². The van der Waals surface area contributed by atoms with Crippen LogP contribution in [0.1, 0.15) is 41.6 Å². The summed E-state index contributed by atoms with van der Waals surface area (Å²) in [6.45, 7) is 0.161. The predicted molar refractivity (Wildman–Crippen MR) is 114 cm³/mol. The Morgan fingerprint density at radius 2 is 1.65 bits per heavy atom. The maximum atomic E-state index is 14.6. The average Bonchev–Trinajstić information content (AvgIpc) is 3.04. The van der Waals surface area contributed by atoms with E-state index < -0.39 is 34.8 Å². The van der Waals surface area contributed by atoms with Gasteiger partial charge in [-0.25, -0.2) is 13.6 Å². The molecule has 0 atom stereocenters. The van der Waals surface area contributed by atoms with Crippen LogP contribution < -0.4 is 16.0 Å². The molecule has 0 radical (unpaired) electrons. The lowest BCUT2D eigenvalue weighted by Crippen LogP contribution is -2.54. The quantitative estimate of drug-likeness (QED) is 0.784. The molecule has 1 aliphatic carbocycles. The number of amides is 3. The fraction of sp³-hybridized carbons (Fsp3) is 0.391. The predicted octanol–water partition coefficient (Wildman–Crippen LogP) is 3.36. The zero-order valence-corrected chi connectivity index (χ0v) is 17.6. The molecule has 1 saturated carbocycles. The third kappa shape index (κ3) is 3.54. The maximum Gasteiger partial charge on any atom is 0.322 e. The van der Waals surface area contributed by atoms with Crippen molar-refractivity contribution in [3.05, 3.63) is 65.2 Å². The Kier molecular flexibility index (Phi) is 5.21. The molecule has 3 N–H and O–H groups in total.